The summed E-state index contributed by atoms with van der Waals surface area (Å²) in [7, 11) is 1.51. The minimum atomic E-state index is -0.517. The van der Waals surface area contributed by atoms with Crippen LogP contribution in [0.2, 0.25) is 0 Å². The molecule has 0 bridgehead atoms. The lowest BCUT2D eigenvalue weighted by Crippen LogP contribution is -2.12. The van der Waals surface area contributed by atoms with Crippen molar-refractivity contribution in [2.75, 3.05) is 12.9 Å². The first kappa shape index (κ1) is 10.1. The number of methoxy groups -OCH3 is 1. The molecule has 0 saturated carbocycles. The first-order chi connectivity index (χ1) is 5.70. The molecular weight excluding hydrogens is 244 g/mol. The van der Waals surface area contributed by atoms with Crippen molar-refractivity contribution >= 4 is 33.7 Å². The van der Waals surface area contributed by atoms with E-state index in [1.54, 1.807) is 11.8 Å². The maximum atomic E-state index is 11.0. The number of esters is 1. The summed E-state index contributed by atoms with van der Waals surface area (Å²) in [4.78, 5) is 11.8. The molecule has 0 aromatic carbocycles. The summed E-state index contributed by atoms with van der Waals surface area (Å²) in [6.07, 6.45) is -0.517. The van der Waals surface area contributed by atoms with E-state index in [9.17, 15) is 4.79 Å². The molecule has 0 N–H and O–H groups in total. The molecule has 0 aromatic heterocycles. The van der Waals surface area contributed by atoms with Gasteiger partial charge in [-0.05, 0) is 21.7 Å². The summed E-state index contributed by atoms with van der Waals surface area (Å²) in [6.45, 7) is 2.01. The zero-order chi connectivity index (χ0) is 9.14. The second-order valence-corrected chi connectivity index (χ2v) is 4.18. The first-order valence-electron chi connectivity index (χ1n) is 3.47. The summed E-state index contributed by atoms with van der Waals surface area (Å²) in [6, 6.07) is 0. The van der Waals surface area contributed by atoms with Crippen LogP contribution in [0.3, 0.4) is 0 Å². The Balaban J connectivity index is 2.79. The maximum absolute atomic E-state index is 11.0. The van der Waals surface area contributed by atoms with Gasteiger partial charge >= 0.3 is 5.97 Å². The van der Waals surface area contributed by atoms with Crippen molar-refractivity contribution in [3.8, 4) is 0 Å². The summed E-state index contributed by atoms with van der Waals surface area (Å²) in [5.74, 6) is 0.541. The van der Waals surface area contributed by atoms with Crippen LogP contribution in [0.1, 0.15) is 6.92 Å². The van der Waals surface area contributed by atoms with Crippen LogP contribution in [0.15, 0.2) is 9.39 Å². The van der Waals surface area contributed by atoms with Crippen LogP contribution >= 0.6 is 27.7 Å². The molecule has 1 aliphatic rings. The van der Waals surface area contributed by atoms with E-state index in [1.165, 1.54) is 7.11 Å². The number of halogens is 1. The Morgan fingerprint density at radius 1 is 1.75 bits per heavy atom. The third-order valence-corrected chi connectivity index (χ3v) is 3.35. The molecule has 0 spiro atoms. The van der Waals surface area contributed by atoms with Gasteiger partial charge in [-0.2, -0.15) is 0 Å². The number of hydrogen-bond acceptors (Lipinski definition) is 4. The lowest BCUT2D eigenvalue weighted by molar-refractivity contribution is -0.154. The quantitative estimate of drug-likeness (QED) is 0.719. The molecule has 0 aromatic rings. The Morgan fingerprint density at radius 2 is 2.42 bits per heavy atom. The molecule has 12 heavy (non-hydrogen) atoms. The summed E-state index contributed by atoms with van der Waals surface area (Å²) in [5, 5.41) is 0. The monoisotopic (exact) mass is 252 g/mol. The Hall–Kier alpha value is -0.0000000000000000763. The number of hydrogen-bond donors (Lipinski definition) is 0. The van der Waals surface area contributed by atoms with Crippen molar-refractivity contribution in [2.45, 2.75) is 13.2 Å². The number of thioether (sulfide) groups is 1. The van der Waals surface area contributed by atoms with E-state index in [0.29, 0.717) is 4.48 Å². The standard InChI is InChI=1S/C7H9BrO3S/c1-3-12-5-4(8)6(9)11-7(5)10-2/h7H,3H2,1-2H3. The molecule has 3 nitrogen and oxygen atoms in total. The maximum Gasteiger partial charge on any atom is 0.348 e. The zero-order valence-electron chi connectivity index (χ0n) is 6.80. The molecule has 0 aliphatic carbocycles. The smallest absolute Gasteiger partial charge is 0.348 e. The lowest BCUT2D eigenvalue weighted by atomic mass is 10.5. The molecule has 0 radical (unpaired) electrons. The first-order valence-corrected chi connectivity index (χ1v) is 5.24. The Morgan fingerprint density at radius 3 is 2.92 bits per heavy atom. The Kier molecular flexibility index (Phi) is 3.61. The SMILES string of the molecule is CCSC1=C(Br)C(=O)OC1OC. The van der Waals surface area contributed by atoms with Gasteiger partial charge in [0.2, 0.25) is 6.29 Å². The van der Waals surface area contributed by atoms with Crippen LogP contribution in [0, 0.1) is 0 Å². The minimum Gasteiger partial charge on any atom is -0.427 e. The highest BCUT2D eigenvalue weighted by Crippen LogP contribution is 2.35. The molecular formula is C7H9BrO3S. The van der Waals surface area contributed by atoms with E-state index < -0.39 is 6.29 Å². The van der Waals surface area contributed by atoms with E-state index in [-0.39, 0.29) is 5.97 Å². The van der Waals surface area contributed by atoms with Gasteiger partial charge < -0.3 is 9.47 Å². The Bertz CT molecular complexity index is 227. The van der Waals surface area contributed by atoms with Crippen LogP contribution in [0.4, 0.5) is 0 Å². The van der Waals surface area contributed by atoms with E-state index in [4.69, 9.17) is 9.47 Å². The molecule has 1 heterocycles. The van der Waals surface area contributed by atoms with Crippen LogP contribution < -0.4 is 0 Å². The van der Waals surface area contributed by atoms with Crippen molar-refractivity contribution < 1.29 is 14.3 Å². The lowest BCUT2D eigenvalue weighted by Gasteiger charge is -2.09. The topological polar surface area (TPSA) is 35.5 Å². The number of carbonyl (C=O) groups excluding carboxylic acids is 1. The summed E-state index contributed by atoms with van der Waals surface area (Å²) in [5.41, 5.74) is 0. The molecule has 68 valence electrons. The fraction of sp³-hybridized carbons (Fsp3) is 0.571. The number of ether oxygens (including phenoxy) is 2. The van der Waals surface area contributed by atoms with Gasteiger partial charge in [-0.1, -0.05) is 6.92 Å². The van der Waals surface area contributed by atoms with Crippen molar-refractivity contribution in [3.63, 3.8) is 0 Å². The summed E-state index contributed by atoms with van der Waals surface area (Å²) >= 11 is 4.70. The third kappa shape index (κ3) is 1.84. The van der Waals surface area contributed by atoms with E-state index in [0.717, 1.165) is 10.7 Å². The van der Waals surface area contributed by atoms with E-state index in [1.807, 2.05) is 6.92 Å². The van der Waals surface area contributed by atoms with Gasteiger partial charge in [0.05, 0.1) is 4.91 Å². The molecule has 0 amide bonds. The molecule has 0 fully saturated rings. The third-order valence-electron chi connectivity index (χ3n) is 1.34. The van der Waals surface area contributed by atoms with Crippen LogP contribution in [0.25, 0.3) is 0 Å². The average molecular weight is 253 g/mol. The van der Waals surface area contributed by atoms with Crippen molar-refractivity contribution in [3.05, 3.63) is 9.39 Å². The van der Waals surface area contributed by atoms with Gasteiger partial charge in [-0.15, -0.1) is 11.8 Å². The minimum absolute atomic E-state index is 0.349. The molecule has 0 saturated heterocycles. The predicted octanol–water partition coefficient (Wildman–Crippen LogP) is 1.88. The van der Waals surface area contributed by atoms with Gasteiger partial charge in [0.15, 0.2) is 0 Å². The van der Waals surface area contributed by atoms with Gasteiger partial charge in [0.1, 0.15) is 4.48 Å². The number of cyclic esters (lactones) is 1. The van der Waals surface area contributed by atoms with Crippen LogP contribution in [-0.4, -0.2) is 25.1 Å². The molecule has 5 heteroatoms. The highest BCUT2D eigenvalue weighted by atomic mass is 79.9. The van der Waals surface area contributed by atoms with Gasteiger partial charge in [-0.25, -0.2) is 4.79 Å². The average Bonchev–Trinajstić information content (AvgIpc) is 2.33. The second-order valence-electron chi connectivity index (χ2n) is 2.08. The van der Waals surface area contributed by atoms with Crippen molar-refractivity contribution in [1.82, 2.24) is 0 Å². The second kappa shape index (κ2) is 4.30. The van der Waals surface area contributed by atoms with E-state index in [2.05, 4.69) is 15.9 Å². The molecule has 1 atom stereocenters. The summed E-state index contributed by atoms with van der Waals surface area (Å²) < 4.78 is 10.3. The highest BCUT2D eigenvalue weighted by Gasteiger charge is 2.32. The van der Waals surface area contributed by atoms with E-state index >= 15 is 0 Å². The van der Waals surface area contributed by atoms with Gasteiger partial charge in [0.25, 0.3) is 0 Å². The van der Waals surface area contributed by atoms with Crippen molar-refractivity contribution in [1.29, 1.82) is 0 Å². The van der Waals surface area contributed by atoms with Crippen LogP contribution in [0.5, 0.6) is 0 Å². The fourth-order valence-electron chi connectivity index (χ4n) is 0.849. The molecule has 1 rings (SSSR count). The predicted molar refractivity (Wildman–Crippen MR) is 51.0 cm³/mol. The van der Waals surface area contributed by atoms with Gasteiger partial charge in [0, 0.05) is 7.11 Å². The normalized spacial score (nSPS) is 23.2. The highest BCUT2D eigenvalue weighted by molar-refractivity contribution is 9.12. The number of carbonyl (C=O) groups is 1. The van der Waals surface area contributed by atoms with Gasteiger partial charge in [-0.3, -0.25) is 0 Å². The Labute approximate surface area is 83.6 Å². The zero-order valence-corrected chi connectivity index (χ0v) is 9.20. The fourth-order valence-corrected chi connectivity index (χ4v) is 2.27. The van der Waals surface area contributed by atoms with Crippen LogP contribution in [-0.2, 0) is 14.3 Å². The largest absolute Gasteiger partial charge is 0.427 e. The molecule has 1 aliphatic heterocycles. The molecule has 1 unspecified atom stereocenters. The number of rotatable bonds is 3. The van der Waals surface area contributed by atoms with Crippen molar-refractivity contribution in [2.24, 2.45) is 0 Å².